The zero-order valence-corrected chi connectivity index (χ0v) is 22.8. The molecule has 6 aliphatic rings. The van der Waals surface area contributed by atoms with E-state index < -0.39 is 0 Å². The van der Waals surface area contributed by atoms with Gasteiger partial charge in [0.05, 0.1) is 18.4 Å². The van der Waals surface area contributed by atoms with Crippen LogP contribution in [0.2, 0.25) is 0 Å². The smallest absolute Gasteiger partial charge is 0.127 e. The van der Waals surface area contributed by atoms with Crippen molar-refractivity contribution in [2.45, 2.75) is 118 Å². The first-order valence-corrected chi connectivity index (χ1v) is 14.4. The van der Waals surface area contributed by atoms with Gasteiger partial charge in [0, 0.05) is 11.0 Å². The Kier molecular flexibility index (Phi) is 4.18. The van der Waals surface area contributed by atoms with E-state index in [0.29, 0.717) is 39.1 Å². The Balaban J connectivity index is 1.30. The zero-order valence-electron chi connectivity index (χ0n) is 22.8. The fourth-order valence-corrected chi connectivity index (χ4v) is 12.3. The molecule has 1 aromatic heterocycles. The lowest BCUT2D eigenvalue weighted by atomic mass is 9.31. The lowest BCUT2D eigenvalue weighted by molar-refractivity contribution is -0.232. The molecular weight excluding hydrogens is 418 g/mol. The Morgan fingerprint density at radius 2 is 1.59 bits per heavy atom. The third kappa shape index (κ3) is 2.34. The van der Waals surface area contributed by atoms with Crippen LogP contribution in [0.4, 0.5) is 0 Å². The van der Waals surface area contributed by atoms with Crippen molar-refractivity contribution in [3.05, 3.63) is 17.5 Å². The summed E-state index contributed by atoms with van der Waals surface area (Å²) in [5.41, 5.74) is 4.73. The van der Waals surface area contributed by atoms with Gasteiger partial charge in [0.2, 0.25) is 0 Å². The highest BCUT2D eigenvalue weighted by Gasteiger charge is 2.72. The fourth-order valence-electron chi connectivity index (χ4n) is 12.3. The SMILES string of the molecule is CC1(C)CC[C@]23CC[C@]4(C)[C@H](CC[C@@H]5[C@@]6(C)Cc7conc7C(C)(C)[C@@H]6CC[C@]54C)[C@H]2[C@H]1OC3. The van der Waals surface area contributed by atoms with Gasteiger partial charge in [0.15, 0.2) is 0 Å². The maximum Gasteiger partial charge on any atom is 0.127 e. The van der Waals surface area contributed by atoms with E-state index in [1.165, 1.54) is 62.6 Å². The molecule has 0 spiro atoms. The van der Waals surface area contributed by atoms with E-state index in [-0.39, 0.29) is 5.41 Å². The molecule has 0 N–H and O–H groups in total. The van der Waals surface area contributed by atoms with Gasteiger partial charge in [-0.2, -0.15) is 0 Å². The van der Waals surface area contributed by atoms with Gasteiger partial charge in [-0.3, -0.25) is 0 Å². The molecule has 1 aliphatic heterocycles. The normalized spacial score (nSPS) is 54.3. The first-order valence-electron chi connectivity index (χ1n) is 14.4. The van der Waals surface area contributed by atoms with Crippen LogP contribution < -0.4 is 0 Å². The second-order valence-electron chi connectivity index (χ2n) is 15.9. The maximum absolute atomic E-state index is 6.74. The second kappa shape index (κ2) is 6.35. The van der Waals surface area contributed by atoms with E-state index in [9.17, 15) is 0 Å². The van der Waals surface area contributed by atoms with Crippen molar-refractivity contribution < 1.29 is 9.26 Å². The number of rotatable bonds is 0. The van der Waals surface area contributed by atoms with Gasteiger partial charge in [0.25, 0.3) is 0 Å². The van der Waals surface area contributed by atoms with Crippen molar-refractivity contribution >= 4 is 0 Å². The Morgan fingerprint density at radius 3 is 2.38 bits per heavy atom. The van der Waals surface area contributed by atoms with Gasteiger partial charge in [0.1, 0.15) is 6.26 Å². The van der Waals surface area contributed by atoms with E-state index in [0.717, 1.165) is 30.8 Å². The monoisotopic (exact) mass is 465 g/mol. The van der Waals surface area contributed by atoms with Crippen molar-refractivity contribution in [2.75, 3.05) is 6.61 Å². The molecule has 9 atom stereocenters. The van der Waals surface area contributed by atoms with Crippen LogP contribution in [0.5, 0.6) is 0 Å². The van der Waals surface area contributed by atoms with Gasteiger partial charge in [-0.1, -0.05) is 53.6 Å². The van der Waals surface area contributed by atoms with Crippen LogP contribution in [-0.4, -0.2) is 17.9 Å². The van der Waals surface area contributed by atoms with Crippen LogP contribution >= 0.6 is 0 Å². The van der Waals surface area contributed by atoms with Crippen LogP contribution in [0.3, 0.4) is 0 Å². The number of aromatic nitrogens is 1. The topological polar surface area (TPSA) is 35.3 Å². The molecular formula is C31H47NO2. The highest BCUT2D eigenvalue weighted by Crippen LogP contribution is 2.77. The molecule has 2 bridgehead atoms. The molecule has 1 saturated heterocycles. The van der Waals surface area contributed by atoms with Crippen molar-refractivity contribution in [2.24, 2.45) is 50.7 Å². The number of hydrogen-bond donors (Lipinski definition) is 0. The van der Waals surface area contributed by atoms with Gasteiger partial charge in [-0.05, 0) is 109 Å². The number of fused-ring (bicyclic) bond motifs is 6. The summed E-state index contributed by atoms with van der Waals surface area (Å²) in [5.74, 6) is 3.09. The summed E-state index contributed by atoms with van der Waals surface area (Å²) in [6.45, 7) is 19.1. The summed E-state index contributed by atoms with van der Waals surface area (Å²) >= 11 is 0. The Hall–Kier alpha value is -0.830. The fraction of sp³-hybridized carbons (Fsp3) is 0.903. The van der Waals surface area contributed by atoms with Gasteiger partial charge >= 0.3 is 0 Å². The molecule has 3 nitrogen and oxygen atoms in total. The molecule has 1 aromatic rings. The minimum Gasteiger partial charge on any atom is -0.377 e. The predicted molar refractivity (Wildman–Crippen MR) is 134 cm³/mol. The van der Waals surface area contributed by atoms with Crippen molar-refractivity contribution in [1.82, 2.24) is 5.16 Å². The van der Waals surface area contributed by atoms with E-state index >= 15 is 0 Å². The standard InChI is InChI=1S/C31H47NO2/c1-26(2)12-14-31-15-13-29(6)20(23(31)25(26)33-18-31)8-9-22-28(5)16-19-17-34-32-24(19)27(3,4)21(28)10-11-30(22,29)7/h17,20-23,25H,8-16,18H2,1-7H3/t20-,21+,22-,23+,25-,28+,29-,30-,31-/m1/s1. The Bertz CT molecular complexity index is 1020. The van der Waals surface area contributed by atoms with Crippen LogP contribution in [0.1, 0.15) is 111 Å². The van der Waals surface area contributed by atoms with E-state index in [2.05, 4.69) is 53.6 Å². The number of ether oxygens (including phenoxy) is 1. The zero-order chi connectivity index (χ0) is 23.9. The summed E-state index contributed by atoms with van der Waals surface area (Å²) in [7, 11) is 0. The molecule has 0 unspecified atom stereocenters. The minimum absolute atomic E-state index is 0.103. The number of hydrogen-bond acceptors (Lipinski definition) is 3. The summed E-state index contributed by atoms with van der Waals surface area (Å²) in [5, 5.41) is 4.52. The molecule has 0 aromatic carbocycles. The van der Waals surface area contributed by atoms with E-state index in [1.807, 2.05) is 6.26 Å². The first-order chi connectivity index (χ1) is 15.9. The molecule has 5 aliphatic carbocycles. The highest BCUT2D eigenvalue weighted by molar-refractivity contribution is 5.33. The molecule has 5 fully saturated rings. The second-order valence-corrected chi connectivity index (χ2v) is 15.9. The quantitative estimate of drug-likeness (QED) is 0.396. The van der Waals surface area contributed by atoms with Crippen molar-refractivity contribution in [1.29, 1.82) is 0 Å². The van der Waals surface area contributed by atoms with E-state index in [1.54, 1.807) is 0 Å². The molecule has 188 valence electrons. The van der Waals surface area contributed by atoms with Crippen LogP contribution in [0.15, 0.2) is 10.8 Å². The third-order valence-corrected chi connectivity index (χ3v) is 14.1. The summed E-state index contributed by atoms with van der Waals surface area (Å²) in [6.07, 6.45) is 14.7. The first kappa shape index (κ1) is 22.4. The van der Waals surface area contributed by atoms with Gasteiger partial charge < -0.3 is 9.26 Å². The predicted octanol–water partition coefficient (Wildman–Crippen LogP) is 7.58. The molecule has 7 rings (SSSR count). The van der Waals surface area contributed by atoms with Crippen LogP contribution in [0, 0.1) is 50.7 Å². The van der Waals surface area contributed by atoms with Gasteiger partial charge in [-0.25, -0.2) is 0 Å². The lowest BCUT2D eigenvalue weighted by Crippen LogP contribution is -2.67. The van der Waals surface area contributed by atoms with Gasteiger partial charge in [-0.15, -0.1) is 0 Å². The summed E-state index contributed by atoms with van der Waals surface area (Å²) in [6, 6.07) is 0. The molecule has 0 amide bonds. The van der Waals surface area contributed by atoms with Crippen LogP contribution in [0.25, 0.3) is 0 Å². The lowest BCUT2D eigenvalue weighted by Gasteiger charge is -2.72. The Labute approximate surface area is 207 Å². The minimum atomic E-state index is 0.103. The summed E-state index contributed by atoms with van der Waals surface area (Å²) in [4.78, 5) is 0. The summed E-state index contributed by atoms with van der Waals surface area (Å²) < 4.78 is 12.3. The average molecular weight is 466 g/mol. The molecule has 34 heavy (non-hydrogen) atoms. The van der Waals surface area contributed by atoms with E-state index in [4.69, 9.17) is 9.26 Å². The maximum atomic E-state index is 6.74. The molecule has 0 radical (unpaired) electrons. The Morgan fingerprint density at radius 1 is 0.824 bits per heavy atom. The molecule has 3 heteroatoms. The van der Waals surface area contributed by atoms with Crippen LogP contribution in [-0.2, 0) is 16.6 Å². The van der Waals surface area contributed by atoms with Crippen molar-refractivity contribution in [3.63, 3.8) is 0 Å². The third-order valence-electron chi connectivity index (χ3n) is 14.1. The average Bonchev–Trinajstić information content (AvgIpc) is 3.35. The van der Waals surface area contributed by atoms with Crippen molar-refractivity contribution in [3.8, 4) is 0 Å². The molecule has 4 saturated carbocycles. The highest BCUT2D eigenvalue weighted by atomic mass is 16.5. The largest absolute Gasteiger partial charge is 0.377 e. The number of nitrogens with zero attached hydrogens (tertiary/aromatic N) is 1. The molecule has 2 heterocycles.